The minimum absolute atomic E-state index is 0.299. The van der Waals surface area contributed by atoms with Crippen LogP contribution < -0.4 is 0 Å². The van der Waals surface area contributed by atoms with Crippen LogP contribution >= 0.6 is 0 Å². The van der Waals surface area contributed by atoms with E-state index in [1.807, 2.05) is 13.1 Å². The average Bonchev–Trinajstić information content (AvgIpc) is 2.71. The highest BCUT2D eigenvalue weighted by Gasteiger charge is 2.22. The number of nitrogens with zero attached hydrogens (tertiary/aromatic N) is 2. The molecular formula is C13H20N2O2. The van der Waals surface area contributed by atoms with Crippen LogP contribution in [-0.4, -0.2) is 33.6 Å². The number of hydrogen-bond donors (Lipinski definition) is 1. The van der Waals surface area contributed by atoms with E-state index in [0.29, 0.717) is 11.7 Å². The summed E-state index contributed by atoms with van der Waals surface area (Å²) in [7, 11) is 1.83. The van der Waals surface area contributed by atoms with Crippen LogP contribution in [0.25, 0.3) is 0 Å². The van der Waals surface area contributed by atoms with Gasteiger partial charge in [0.25, 0.3) is 0 Å². The molecule has 0 aromatic carbocycles. The van der Waals surface area contributed by atoms with E-state index in [2.05, 4.69) is 11.8 Å². The van der Waals surface area contributed by atoms with Crippen molar-refractivity contribution in [2.24, 2.45) is 7.05 Å². The van der Waals surface area contributed by atoms with Crippen molar-refractivity contribution in [3.63, 3.8) is 0 Å². The fraction of sp³-hybridized carbons (Fsp3) is 0.615. The third-order valence-corrected chi connectivity index (χ3v) is 3.75. The summed E-state index contributed by atoms with van der Waals surface area (Å²) in [6.07, 6.45) is 3.82. The van der Waals surface area contributed by atoms with Gasteiger partial charge in [-0.05, 0) is 45.0 Å². The maximum Gasteiger partial charge on any atom is 0.352 e. The fourth-order valence-electron chi connectivity index (χ4n) is 2.65. The molecule has 0 amide bonds. The van der Waals surface area contributed by atoms with Gasteiger partial charge in [-0.1, -0.05) is 6.42 Å². The van der Waals surface area contributed by atoms with E-state index >= 15 is 0 Å². The summed E-state index contributed by atoms with van der Waals surface area (Å²) < 4.78 is 1.79. The average molecular weight is 236 g/mol. The number of carboxylic acids is 1. The van der Waals surface area contributed by atoms with Gasteiger partial charge >= 0.3 is 5.97 Å². The molecule has 1 saturated heterocycles. The highest BCUT2D eigenvalue weighted by molar-refractivity contribution is 5.86. The van der Waals surface area contributed by atoms with Gasteiger partial charge in [-0.15, -0.1) is 0 Å². The van der Waals surface area contributed by atoms with Crippen molar-refractivity contribution in [2.75, 3.05) is 13.1 Å². The summed E-state index contributed by atoms with van der Waals surface area (Å²) in [6.45, 7) is 4.40. The molecule has 0 spiro atoms. The van der Waals surface area contributed by atoms with E-state index in [1.165, 1.54) is 19.3 Å². The number of carboxylic acid groups (broad SMARTS) is 1. The van der Waals surface area contributed by atoms with Crippen molar-refractivity contribution in [2.45, 2.75) is 32.2 Å². The molecule has 1 aliphatic rings. The summed E-state index contributed by atoms with van der Waals surface area (Å²) >= 11 is 0. The summed E-state index contributed by atoms with van der Waals surface area (Å²) in [5.74, 6) is -0.857. The molecule has 1 N–H and O–H groups in total. The molecule has 1 fully saturated rings. The number of rotatable bonds is 3. The minimum atomic E-state index is -0.857. The molecule has 2 heterocycles. The van der Waals surface area contributed by atoms with Crippen molar-refractivity contribution in [1.29, 1.82) is 0 Å². The van der Waals surface area contributed by atoms with Crippen LogP contribution in [0.15, 0.2) is 12.1 Å². The number of likely N-dealkylation sites (tertiary alicyclic amines) is 1. The standard InChI is InChI=1S/C13H20N2O2/c1-10(15-8-4-3-5-9-15)11-6-7-12(13(16)17)14(11)2/h6-7,10H,3-5,8-9H2,1-2H3,(H,16,17). The first-order valence-corrected chi connectivity index (χ1v) is 6.24. The number of piperidine rings is 1. The molecule has 94 valence electrons. The first-order valence-electron chi connectivity index (χ1n) is 6.24. The Balaban J connectivity index is 2.18. The lowest BCUT2D eigenvalue weighted by molar-refractivity contribution is 0.0685. The topological polar surface area (TPSA) is 45.5 Å². The third-order valence-electron chi connectivity index (χ3n) is 3.75. The fourth-order valence-corrected chi connectivity index (χ4v) is 2.65. The Labute approximate surface area is 102 Å². The molecule has 2 rings (SSSR count). The van der Waals surface area contributed by atoms with Gasteiger partial charge in [0.1, 0.15) is 5.69 Å². The Morgan fingerprint density at radius 2 is 1.94 bits per heavy atom. The second kappa shape index (κ2) is 4.92. The molecular weight excluding hydrogens is 216 g/mol. The maximum absolute atomic E-state index is 11.0. The molecule has 1 aromatic heterocycles. The molecule has 0 aliphatic carbocycles. The van der Waals surface area contributed by atoms with E-state index in [1.54, 1.807) is 10.6 Å². The summed E-state index contributed by atoms with van der Waals surface area (Å²) in [5.41, 5.74) is 1.45. The molecule has 4 nitrogen and oxygen atoms in total. The normalized spacial score (nSPS) is 19.2. The predicted molar refractivity (Wildman–Crippen MR) is 66.2 cm³/mol. The smallest absolute Gasteiger partial charge is 0.352 e. The van der Waals surface area contributed by atoms with Gasteiger partial charge in [0.2, 0.25) is 0 Å². The van der Waals surface area contributed by atoms with Crippen LogP contribution in [0.1, 0.15) is 48.4 Å². The first-order chi connectivity index (χ1) is 8.11. The van der Waals surface area contributed by atoms with E-state index < -0.39 is 5.97 Å². The molecule has 1 atom stereocenters. The lowest BCUT2D eigenvalue weighted by Crippen LogP contribution is -2.33. The van der Waals surface area contributed by atoms with Crippen LogP contribution in [0, 0.1) is 0 Å². The third kappa shape index (κ3) is 2.36. The zero-order valence-corrected chi connectivity index (χ0v) is 10.5. The van der Waals surface area contributed by atoms with E-state index in [-0.39, 0.29) is 0 Å². The van der Waals surface area contributed by atoms with Crippen molar-refractivity contribution in [1.82, 2.24) is 9.47 Å². The monoisotopic (exact) mass is 236 g/mol. The van der Waals surface area contributed by atoms with Crippen LogP contribution in [0.3, 0.4) is 0 Å². The molecule has 4 heteroatoms. The largest absolute Gasteiger partial charge is 0.477 e. The van der Waals surface area contributed by atoms with Crippen molar-refractivity contribution < 1.29 is 9.90 Å². The Kier molecular flexibility index (Phi) is 3.52. The second-order valence-electron chi connectivity index (χ2n) is 4.78. The summed E-state index contributed by atoms with van der Waals surface area (Å²) in [6, 6.07) is 3.93. The van der Waals surface area contributed by atoms with Crippen LogP contribution in [0.4, 0.5) is 0 Å². The molecule has 0 saturated carbocycles. The Morgan fingerprint density at radius 1 is 1.29 bits per heavy atom. The van der Waals surface area contributed by atoms with Gasteiger partial charge in [0, 0.05) is 18.8 Å². The van der Waals surface area contributed by atoms with E-state index in [0.717, 1.165) is 18.8 Å². The van der Waals surface area contributed by atoms with E-state index in [9.17, 15) is 4.79 Å². The SMILES string of the molecule is CC(c1ccc(C(=O)O)n1C)N1CCCCC1. The quantitative estimate of drug-likeness (QED) is 0.875. The molecule has 0 radical (unpaired) electrons. The molecule has 1 aromatic rings. The van der Waals surface area contributed by atoms with Crippen molar-refractivity contribution in [3.05, 3.63) is 23.5 Å². The van der Waals surface area contributed by atoms with E-state index in [4.69, 9.17) is 5.11 Å². The molecule has 17 heavy (non-hydrogen) atoms. The molecule has 1 aliphatic heterocycles. The number of aromatic nitrogens is 1. The zero-order chi connectivity index (χ0) is 12.4. The number of hydrogen-bond acceptors (Lipinski definition) is 2. The first kappa shape index (κ1) is 12.2. The Morgan fingerprint density at radius 3 is 2.47 bits per heavy atom. The lowest BCUT2D eigenvalue weighted by atomic mass is 10.1. The van der Waals surface area contributed by atoms with Crippen LogP contribution in [0.5, 0.6) is 0 Å². The highest BCUT2D eigenvalue weighted by atomic mass is 16.4. The van der Waals surface area contributed by atoms with Gasteiger partial charge in [0.05, 0.1) is 0 Å². The van der Waals surface area contributed by atoms with Gasteiger partial charge in [0.15, 0.2) is 0 Å². The van der Waals surface area contributed by atoms with Gasteiger partial charge in [-0.25, -0.2) is 4.79 Å². The molecule has 1 unspecified atom stereocenters. The van der Waals surface area contributed by atoms with Crippen LogP contribution in [0.2, 0.25) is 0 Å². The second-order valence-corrected chi connectivity index (χ2v) is 4.78. The Bertz CT molecular complexity index is 406. The maximum atomic E-state index is 11.0. The highest BCUT2D eigenvalue weighted by Crippen LogP contribution is 2.25. The minimum Gasteiger partial charge on any atom is -0.477 e. The number of carbonyl (C=O) groups is 1. The zero-order valence-electron chi connectivity index (χ0n) is 10.5. The van der Waals surface area contributed by atoms with Gasteiger partial charge in [-0.2, -0.15) is 0 Å². The summed E-state index contributed by atoms with van der Waals surface area (Å²) in [5, 5.41) is 9.04. The summed E-state index contributed by atoms with van der Waals surface area (Å²) in [4.78, 5) is 13.4. The lowest BCUT2D eigenvalue weighted by Gasteiger charge is -2.32. The van der Waals surface area contributed by atoms with Gasteiger partial charge < -0.3 is 9.67 Å². The molecule has 0 bridgehead atoms. The van der Waals surface area contributed by atoms with Crippen molar-refractivity contribution >= 4 is 5.97 Å². The van der Waals surface area contributed by atoms with Crippen LogP contribution in [-0.2, 0) is 7.05 Å². The Hall–Kier alpha value is -1.29. The van der Waals surface area contributed by atoms with Crippen molar-refractivity contribution in [3.8, 4) is 0 Å². The number of aromatic carboxylic acids is 1. The predicted octanol–water partition coefficient (Wildman–Crippen LogP) is 2.27. The van der Waals surface area contributed by atoms with Gasteiger partial charge in [-0.3, -0.25) is 4.90 Å².